The number of amides is 1. The lowest BCUT2D eigenvalue weighted by atomic mass is 10.0. The maximum Gasteiger partial charge on any atom is 0.227 e. The minimum Gasteiger partial charge on any atom is -0.497 e. The van der Waals surface area contributed by atoms with Gasteiger partial charge in [-0.15, -0.1) is 0 Å². The standard InChI is InChI=1S/C19H20FNO2/c1-23-17-10-4-14(5-11-17)13-19(22)21-12-2-3-18(21)15-6-8-16(20)9-7-15/h4-11,18H,2-3,12-13H2,1H3/t18-/m0/s1. The Morgan fingerprint density at radius 2 is 1.87 bits per heavy atom. The fraction of sp³-hybridized carbons (Fsp3) is 0.316. The van der Waals surface area contributed by atoms with Crippen molar-refractivity contribution in [3.05, 3.63) is 65.5 Å². The maximum absolute atomic E-state index is 13.1. The molecule has 1 heterocycles. The normalized spacial score (nSPS) is 17.3. The minimum atomic E-state index is -0.247. The van der Waals surface area contributed by atoms with Gasteiger partial charge < -0.3 is 9.64 Å². The molecular formula is C19H20FNO2. The van der Waals surface area contributed by atoms with Crippen molar-refractivity contribution in [1.29, 1.82) is 0 Å². The van der Waals surface area contributed by atoms with Crippen LogP contribution in [0.1, 0.15) is 30.0 Å². The third-order valence-electron chi connectivity index (χ3n) is 4.34. The first kappa shape index (κ1) is 15.5. The zero-order valence-corrected chi connectivity index (χ0v) is 13.2. The Morgan fingerprint density at radius 3 is 2.52 bits per heavy atom. The zero-order chi connectivity index (χ0) is 16.2. The van der Waals surface area contributed by atoms with Crippen molar-refractivity contribution in [2.24, 2.45) is 0 Å². The number of hydrogen-bond donors (Lipinski definition) is 0. The van der Waals surface area contributed by atoms with Gasteiger partial charge in [-0.3, -0.25) is 4.79 Å². The van der Waals surface area contributed by atoms with Gasteiger partial charge in [0.2, 0.25) is 5.91 Å². The van der Waals surface area contributed by atoms with Crippen molar-refractivity contribution in [1.82, 2.24) is 4.90 Å². The third-order valence-corrected chi connectivity index (χ3v) is 4.34. The van der Waals surface area contributed by atoms with E-state index in [0.717, 1.165) is 36.3 Å². The highest BCUT2D eigenvalue weighted by atomic mass is 19.1. The van der Waals surface area contributed by atoms with Crippen molar-refractivity contribution in [3.8, 4) is 5.75 Å². The SMILES string of the molecule is COc1ccc(CC(=O)N2CCC[C@H]2c2ccc(F)cc2)cc1. The molecule has 1 aliphatic heterocycles. The maximum atomic E-state index is 13.1. The molecule has 120 valence electrons. The van der Waals surface area contributed by atoms with Crippen molar-refractivity contribution >= 4 is 5.91 Å². The highest BCUT2D eigenvalue weighted by molar-refractivity contribution is 5.79. The molecule has 1 saturated heterocycles. The fourth-order valence-corrected chi connectivity index (χ4v) is 3.12. The van der Waals surface area contributed by atoms with Gasteiger partial charge in [0.1, 0.15) is 11.6 Å². The number of halogens is 1. The van der Waals surface area contributed by atoms with Gasteiger partial charge in [0, 0.05) is 6.54 Å². The van der Waals surface area contributed by atoms with E-state index >= 15 is 0 Å². The summed E-state index contributed by atoms with van der Waals surface area (Å²) in [6.45, 7) is 0.761. The average Bonchev–Trinajstić information content (AvgIpc) is 3.06. The molecule has 1 aliphatic rings. The number of methoxy groups -OCH3 is 1. The predicted octanol–water partition coefficient (Wildman–Crippen LogP) is 3.74. The van der Waals surface area contributed by atoms with Crippen LogP contribution in [-0.4, -0.2) is 24.5 Å². The molecule has 1 amide bonds. The molecular weight excluding hydrogens is 293 g/mol. The smallest absolute Gasteiger partial charge is 0.227 e. The molecule has 0 radical (unpaired) electrons. The van der Waals surface area contributed by atoms with Gasteiger partial charge in [0.05, 0.1) is 19.6 Å². The molecule has 1 atom stereocenters. The molecule has 0 aromatic heterocycles. The number of nitrogens with zero attached hydrogens (tertiary/aromatic N) is 1. The first-order valence-electron chi connectivity index (χ1n) is 7.85. The van der Waals surface area contributed by atoms with E-state index in [1.165, 1.54) is 12.1 Å². The van der Waals surface area contributed by atoms with Crippen LogP contribution in [0.15, 0.2) is 48.5 Å². The van der Waals surface area contributed by atoms with Gasteiger partial charge in [-0.1, -0.05) is 24.3 Å². The monoisotopic (exact) mass is 313 g/mol. The molecule has 3 nitrogen and oxygen atoms in total. The molecule has 0 unspecified atom stereocenters. The summed E-state index contributed by atoms with van der Waals surface area (Å²) in [6.07, 6.45) is 2.29. The molecule has 23 heavy (non-hydrogen) atoms. The molecule has 0 spiro atoms. The highest BCUT2D eigenvalue weighted by Crippen LogP contribution is 2.32. The molecule has 2 aromatic rings. The van der Waals surface area contributed by atoms with E-state index in [1.807, 2.05) is 29.2 Å². The summed E-state index contributed by atoms with van der Waals surface area (Å²) in [5.74, 6) is 0.649. The Balaban J connectivity index is 1.71. The lowest BCUT2D eigenvalue weighted by molar-refractivity contribution is -0.131. The van der Waals surface area contributed by atoms with E-state index in [4.69, 9.17) is 4.74 Å². The predicted molar refractivity (Wildman–Crippen MR) is 86.8 cm³/mol. The second kappa shape index (κ2) is 6.82. The molecule has 2 aromatic carbocycles. The summed E-state index contributed by atoms with van der Waals surface area (Å²) in [4.78, 5) is 14.6. The van der Waals surface area contributed by atoms with Gasteiger partial charge in [-0.2, -0.15) is 0 Å². The number of rotatable bonds is 4. The van der Waals surface area contributed by atoms with Crippen LogP contribution in [0.3, 0.4) is 0 Å². The molecule has 3 rings (SSSR count). The number of carbonyl (C=O) groups is 1. The second-order valence-electron chi connectivity index (χ2n) is 5.82. The van der Waals surface area contributed by atoms with Crippen molar-refractivity contribution in [2.75, 3.05) is 13.7 Å². The van der Waals surface area contributed by atoms with E-state index in [-0.39, 0.29) is 17.8 Å². The van der Waals surface area contributed by atoms with Crippen LogP contribution in [0.2, 0.25) is 0 Å². The summed E-state index contributed by atoms with van der Waals surface area (Å²) < 4.78 is 18.2. The van der Waals surface area contributed by atoms with Crippen LogP contribution >= 0.6 is 0 Å². The molecule has 0 saturated carbocycles. The van der Waals surface area contributed by atoms with E-state index in [1.54, 1.807) is 19.2 Å². The summed E-state index contributed by atoms with van der Waals surface area (Å²) in [6, 6.07) is 14.1. The number of benzene rings is 2. The molecule has 0 N–H and O–H groups in total. The van der Waals surface area contributed by atoms with Crippen LogP contribution < -0.4 is 4.74 Å². The van der Waals surface area contributed by atoms with Crippen LogP contribution in [0.25, 0.3) is 0 Å². The Bertz CT molecular complexity index is 667. The third kappa shape index (κ3) is 3.52. The number of ether oxygens (including phenoxy) is 1. The average molecular weight is 313 g/mol. The van der Waals surface area contributed by atoms with E-state index in [0.29, 0.717) is 6.42 Å². The van der Waals surface area contributed by atoms with Gasteiger partial charge >= 0.3 is 0 Å². The quantitative estimate of drug-likeness (QED) is 0.860. The molecule has 4 heteroatoms. The summed E-state index contributed by atoms with van der Waals surface area (Å²) in [5, 5.41) is 0. The fourth-order valence-electron chi connectivity index (χ4n) is 3.12. The molecule has 1 fully saturated rings. The Morgan fingerprint density at radius 1 is 1.17 bits per heavy atom. The van der Waals surface area contributed by atoms with E-state index < -0.39 is 0 Å². The van der Waals surface area contributed by atoms with Gasteiger partial charge in [-0.25, -0.2) is 4.39 Å². The van der Waals surface area contributed by atoms with Gasteiger partial charge in [0.25, 0.3) is 0 Å². The van der Waals surface area contributed by atoms with Gasteiger partial charge in [0.15, 0.2) is 0 Å². The van der Waals surface area contributed by atoms with Crippen LogP contribution in [0.4, 0.5) is 4.39 Å². The van der Waals surface area contributed by atoms with E-state index in [2.05, 4.69) is 0 Å². The topological polar surface area (TPSA) is 29.5 Å². The van der Waals surface area contributed by atoms with E-state index in [9.17, 15) is 9.18 Å². The lowest BCUT2D eigenvalue weighted by Gasteiger charge is -2.25. The zero-order valence-electron chi connectivity index (χ0n) is 13.2. The van der Waals surface area contributed by atoms with Crippen molar-refractivity contribution < 1.29 is 13.9 Å². The van der Waals surface area contributed by atoms with Crippen LogP contribution in [0, 0.1) is 5.82 Å². The van der Waals surface area contributed by atoms with Crippen LogP contribution in [-0.2, 0) is 11.2 Å². The summed E-state index contributed by atoms with van der Waals surface area (Å²) in [7, 11) is 1.62. The summed E-state index contributed by atoms with van der Waals surface area (Å²) >= 11 is 0. The number of carbonyl (C=O) groups excluding carboxylic acids is 1. The molecule has 0 aliphatic carbocycles. The van der Waals surface area contributed by atoms with Crippen molar-refractivity contribution in [3.63, 3.8) is 0 Å². The molecule has 0 bridgehead atoms. The lowest BCUT2D eigenvalue weighted by Crippen LogP contribution is -2.31. The number of likely N-dealkylation sites (tertiary alicyclic amines) is 1. The largest absolute Gasteiger partial charge is 0.497 e. The van der Waals surface area contributed by atoms with Gasteiger partial charge in [-0.05, 0) is 48.2 Å². The highest BCUT2D eigenvalue weighted by Gasteiger charge is 2.29. The second-order valence-corrected chi connectivity index (χ2v) is 5.82. The Hall–Kier alpha value is -2.36. The van der Waals surface area contributed by atoms with Crippen molar-refractivity contribution in [2.45, 2.75) is 25.3 Å². The first-order valence-corrected chi connectivity index (χ1v) is 7.85. The summed E-state index contributed by atoms with van der Waals surface area (Å²) in [5.41, 5.74) is 1.98. The first-order chi connectivity index (χ1) is 11.2. The number of hydrogen-bond acceptors (Lipinski definition) is 2. The minimum absolute atomic E-state index is 0.0568. The Kier molecular flexibility index (Phi) is 4.60. The van der Waals surface area contributed by atoms with Crippen LogP contribution in [0.5, 0.6) is 5.75 Å². The Labute approximate surface area is 135 Å².